The Bertz CT molecular complexity index is 927. The summed E-state index contributed by atoms with van der Waals surface area (Å²) in [6, 6.07) is 7.95. The zero-order valence-electron chi connectivity index (χ0n) is 19.8. The summed E-state index contributed by atoms with van der Waals surface area (Å²) in [7, 11) is 1.60. The Kier molecular flexibility index (Phi) is 6.53. The number of aliphatic hydroxyl groups is 1. The van der Waals surface area contributed by atoms with E-state index in [9.17, 15) is 19.5 Å². The number of fused-ring (bicyclic) bond motifs is 1. The summed E-state index contributed by atoms with van der Waals surface area (Å²) < 4.78 is -1.07. The quantitative estimate of drug-likeness (QED) is 0.538. The third-order valence-electron chi connectivity index (χ3n) is 7.80. The fourth-order valence-corrected chi connectivity index (χ4v) is 8.75. The van der Waals surface area contributed by atoms with Gasteiger partial charge in [0.25, 0.3) is 0 Å². The van der Waals surface area contributed by atoms with Crippen LogP contribution in [0.3, 0.4) is 0 Å². The highest BCUT2D eigenvalue weighted by Crippen LogP contribution is 2.71. The summed E-state index contributed by atoms with van der Waals surface area (Å²) in [6.45, 7) is 5.81. The molecule has 3 unspecified atom stereocenters. The lowest BCUT2D eigenvalue weighted by Gasteiger charge is -2.37. The Hall–Kier alpha value is -2.06. The molecule has 1 aromatic rings. The van der Waals surface area contributed by atoms with Crippen LogP contribution in [0, 0.1) is 11.8 Å². The van der Waals surface area contributed by atoms with Gasteiger partial charge in [-0.25, -0.2) is 0 Å². The highest BCUT2D eigenvalue weighted by Gasteiger charge is 2.77. The summed E-state index contributed by atoms with van der Waals surface area (Å²) in [6.07, 6.45) is 3.26. The molecule has 33 heavy (non-hydrogen) atoms. The predicted molar refractivity (Wildman–Crippen MR) is 128 cm³/mol. The van der Waals surface area contributed by atoms with Crippen molar-refractivity contribution in [3.8, 4) is 0 Å². The molecule has 2 bridgehead atoms. The van der Waals surface area contributed by atoms with Crippen LogP contribution in [0.5, 0.6) is 0 Å². The van der Waals surface area contributed by atoms with Crippen LogP contribution in [0.15, 0.2) is 30.3 Å². The molecule has 4 rings (SSSR count). The third-order valence-corrected chi connectivity index (χ3v) is 9.78. The van der Waals surface area contributed by atoms with E-state index in [1.54, 1.807) is 23.7 Å². The Morgan fingerprint density at radius 2 is 1.94 bits per heavy atom. The van der Waals surface area contributed by atoms with Gasteiger partial charge in [0.2, 0.25) is 17.7 Å². The molecule has 0 aliphatic carbocycles. The number of nitrogens with zero attached hydrogens (tertiary/aromatic N) is 1. The third kappa shape index (κ3) is 3.66. The van der Waals surface area contributed by atoms with Crippen molar-refractivity contribution in [1.82, 2.24) is 15.5 Å². The second kappa shape index (κ2) is 8.95. The number of nitrogens with one attached hydrogen (secondary N) is 2. The van der Waals surface area contributed by atoms with Crippen LogP contribution >= 0.6 is 11.8 Å². The molecule has 3 heterocycles. The minimum atomic E-state index is -0.742. The van der Waals surface area contributed by atoms with E-state index in [1.807, 2.05) is 37.3 Å². The van der Waals surface area contributed by atoms with Crippen molar-refractivity contribution in [1.29, 1.82) is 0 Å². The summed E-state index contributed by atoms with van der Waals surface area (Å²) in [5.74, 6) is -1.62. The van der Waals surface area contributed by atoms with Crippen LogP contribution in [-0.2, 0) is 14.4 Å². The number of rotatable bonds is 8. The lowest BCUT2D eigenvalue weighted by atomic mass is 9.66. The molecule has 3 saturated heterocycles. The monoisotopic (exact) mass is 473 g/mol. The molecule has 7 atom stereocenters. The maximum atomic E-state index is 14.1. The van der Waals surface area contributed by atoms with E-state index in [0.717, 1.165) is 24.8 Å². The van der Waals surface area contributed by atoms with Gasteiger partial charge >= 0.3 is 0 Å². The van der Waals surface area contributed by atoms with Crippen LogP contribution in [0.1, 0.15) is 58.1 Å². The summed E-state index contributed by atoms with van der Waals surface area (Å²) >= 11 is 1.65. The lowest BCUT2D eigenvalue weighted by Crippen LogP contribution is -2.56. The molecular formula is C25H35N3O4S. The van der Waals surface area contributed by atoms with Crippen LogP contribution in [-0.4, -0.2) is 63.0 Å². The molecule has 180 valence electrons. The SMILES string of the molecule is CCCC(C)NC(=O)C1N([C@H](CO)c2ccccc2)C(=O)[C@@H]2[C@H](C(=O)NC)[C@]3(C)CCC12S3. The van der Waals surface area contributed by atoms with Crippen molar-refractivity contribution in [2.45, 2.75) is 74.1 Å². The first-order valence-corrected chi connectivity index (χ1v) is 12.8. The molecule has 3 amide bonds. The average molecular weight is 474 g/mol. The second-order valence-electron chi connectivity index (χ2n) is 9.89. The van der Waals surface area contributed by atoms with E-state index in [4.69, 9.17) is 0 Å². The molecule has 7 nitrogen and oxygen atoms in total. The molecule has 3 fully saturated rings. The first-order valence-electron chi connectivity index (χ1n) is 11.9. The molecule has 0 saturated carbocycles. The van der Waals surface area contributed by atoms with Gasteiger partial charge < -0.3 is 20.6 Å². The molecule has 8 heteroatoms. The molecule has 0 radical (unpaired) electrons. The van der Waals surface area contributed by atoms with E-state index < -0.39 is 28.7 Å². The van der Waals surface area contributed by atoms with E-state index in [0.29, 0.717) is 6.42 Å². The van der Waals surface area contributed by atoms with Gasteiger partial charge in [-0.15, -0.1) is 11.8 Å². The number of amides is 3. The summed E-state index contributed by atoms with van der Waals surface area (Å²) in [5.41, 5.74) is 0.784. The van der Waals surface area contributed by atoms with E-state index in [-0.39, 0.29) is 35.1 Å². The number of likely N-dealkylation sites (tertiary alicyclic amines) is 1. The van der Waals surface area contributed by atoms with Gasteiger partial charge in [0.15, 0.2) is 0 Å². The van der Waals surface area contributed by atoms with Crippen molar-refractivity contribution in [2.75, 3.05) is 13.7 Å². The number of carbonyl (C=O) groups is 3. The maximum Gasteiger partial charge on any atom is 0.244 e. The first-order chi connectivity index (χ1) is 15.7. The highest BCUT2D eigenvalue weighted by atomic mass is 32.2. The number of hydrogen-bond acceptors (Lipinski definition) is 5. The highest BCUT2D eigenvalue weighted by molar-refractivity contribution is 8.02. The predicted octanol–water partition coefficient (Wildman–Crippen LogP) is 2.25. The van der Waals surface area contributed by atoms with Crippen molar-refractivity contribution in [3.05, 3.63) is 35.9 Å². The second-order valence-corrected chi connectivity index (χ2v) is 11.8. The molecule has 3 aliphatic heterocycles. The number of aliphatic hydroxyl groups excluding tert-OH is 1. The van der Waals surface area contributed by atoms with Crippen molar-refractivity contribution in [3.63, 3.8) is 0 Å². The number of hydrogen-bond donors (Lipinski definition) is 3. The van der Waals surface area contributed by atoms with Gasteiger partial charge in [-0.3, -0.25) is 14.4 Å². The van der Waals surface area contributed by atoms with Crippen molar-refractivity contribution in [2.24, 2.45) is 11.8 Å². The fourth-order valence-electron chi connectivity index (χ4n) is 6.41. The molecule has 3 N–H and O–H groups in total. The smallest absolute Gasteiger partial charge is 0.244 e. The lowest BCUT2D eigenvalue weighted by molar-refractivity contribution is -0.143. The Balaban J connectivity index is 1.81. The van der Waals surface area contributed by atoms with E-state index >= 15 is 0 Å². The zero-order valence-corrected chi connectivity index (χ0v) is 20.7. The molecular weight excluding hydrogens is 438 g/mol. The van der Waals surface area contributed by atoms with Gasteiger partial charge in [-0.2, -0.15) is 0 Å². The van der Waals surface area contributed by atoms with Gasteiger partial charge in [0.1, 0.15) is 6.04 Å². The van der Waals surface area contributed by atoms with Crippen molar-refractivity contribution >= 4 is 29.5 Å². The zero-order chi connectivity index (χ0) is 24.0. The molecule has 0 aromatic heterocycles. The van der Waals surface area contributed by atoms with Gasteiger partial charge in [-0.05, 0) is 38.7 Å². The minimum absolute atomic E-state index is 0.0202. The van der Waals surface area contributed by atoms with Crippen LogP contribution in [0.4, 0.5) is 0 Å². The van der Waals surface area contributed by atoms with Gasteiger partial charge in [0.05, 0.1) is 29.2 Å². The fraction of sp³-hybridized carbons (Fsp3) is 0.640. The Labute approximate surface area is 200 Å². The topological polar surface area (TPSA) is 98.7 Å². The summed E-state index contributed by atoms with van der Waals surface area (Å²) in [5, 5.41) is 16.3. The maximum absolute atomic E-state index is 14.1. The standard InChI is InChI=1S/C25H35N3O4S/c1-5-9-15(2)27-22(31)20-25-13-12-24(3,33-25)18(21(30)26-4)19(25)23(32)28(20)17(14-29)16-10-7-6-8-11-16/h6-8,10-11,15,17-20,29H,5,9,12-14H2,1-4H3,(H,26,30)(H,27,31)/t15?,17-,18-,19+,20?,24+,25?/m1/s1. The van der Waals surface area contributed by atoms with E-state index in [1.165, 1.54) is 0 Å². The molecule has 3 aliphatic rings. The number of benzene rings is 1. The number of carbonyl (C=O) groups excluding carboxylic acids is 3. The van der Waals surface area contributed by atoms with Crippen LogP contribution in [0.2, 0.25) is 0 Å². The normalized spacial score (nSPS) is 34.2. The average Bonchev–Trinajstić information content (AvgIpc) is 3.36. The largest absolute Gasteiger partial charge is 0.394 e. The minimum Gasteiger partial charge on any atom is -0.394 e. The van der Waals surface area contributed by atoms with Crippen molar-refractivity contribution < 1.29 is 19.5 Å². The van der Waals surface area contributed by atoms with Crippen LogP contribution in [0.25, 0.3) is 0 Å². The van der Waals surface area contributed by atoms with Crippen LogP contribution < -0.4 is 10.6 Å². The van der Waals surface area contributed by atoms with Gasteiger partial charge in [0, 0.05) is 17.8 Å². The summed E-state index contributed by atoms with van der Waals surface area (Å²) in [4.78, 5) is 42.5. The Morgan fingerprint density at radius 1 is 1.24 bits per heavy atom. The van der Waals surface area contributed by atoms with Gasteiger partial charge in [-0.1, -0.05) is 43.7 Å². The number of thioether (sulfide) groups is 1. The Morgan fingerprint density at radius 3 is 2.55 bits per heavy atom. The molecule has 1 aromatic carbocycles. The first kappa shape index (κ1) is 24.1. The molecule has 1 spiro atoms. The van der Waals surface area contributed by atoms with E-state index in [2.05, 4.69) is 24.5 Å².